The molecule has 0 aliphatic heterocycles. The van der Waals surface area contributed by atoms with E-state index in [4.69, 9.17) is 4.74 Å². The fraction of sp³-hybridized carbons (Fsp3) is 0.615. The number of carbonyl (C=O) groups excluding carboxylic acids is 1. The summed E-state index contributed by atoms with van der Waals surface area (Å²) in [5.41, 5.74) is 0. The summed E-state index contributed by atoms with van der Waals surface area (Å²) in [5.74, 6) is 0.856. The summed E-state index contributed by atoms with van der Waals surface area (Å²) in [6.07, 6.45) is 2.02. The largest absolute Gasteiger partial charge is 0.475 e. The van der Waals surface area contributed by atoms with Crippen molar-refractivity contribution in [1.82, 2.24) is 9.97 Å². The number of nitrogens with zero attached hydrogens (tertiary/aromatic N) is 3. The molecule has 19 heavy (non-hydrogen) atoms. The molecule has 0 bridgehead atoms. The summed E-state index contributed by atoms with van der Waals surface area (Å²) in [7, 11) is 1.38. The highest BCUT2D eigenvalue weighted by atomic mass is 16.5. The van der Waals surface area contributed by atoms with Crippen LogP contribution in [0.3, 0.4) is 0 Å². The van der Waals surface area contributed by atoms with Crippen molar-refractivity contribution in [2.45, 2.75) is 33.3 Å². The highest BCUT2D eigenvalue weighted by Gasteiger charge is 2.11. The minimum Gasteiger partial charge on any atom is -0.475 e. The molecule has 0 aliphatic rings. The van der Waals surface area contributed by atoms with Crippen molar-refractivity contribution < 1.29 is 14.3 Å². The molecule has 0 radical (unpaired) electrons. The Hall–Kier alpha value is -1.85. The molecule has 6 heteroatoms. The van der Waals surface area contributed by atoms with E-state index in [1.807, 2.05) is 25.7 Å². The second-order valence-corrected chi connectivity index (χ2v) is 4.27. The Morgan fingerprint density at radius 3 is 2.79 bits per heavy atom. The van der Waals surface area contributed by atoms with Crippen LogP contribution < -0.4 is 9.64 Å². The molecule has 1 heterocycles. The number of ether oxygens (including phenoxy) is 2. The van der Waals surface area contributed by atoms with Gasteiger partial charge in [0.05, 0.1) is 19.6 Å². The lowest BCUT2D eigenvalue weighted by Gasteiger charge is -2.20. The smallest absolute Gasteiger partial charge is 0.307 e. The van der Waals surface area contributed by atoms with Crippen molar-refractivity contribution in [3.05, 3.63) is 12.3 Å². The Bertz CT molecular complexity index is 410. The summed E-state index contributed by atoms with van der Waals surface area (Å²) in [6.45, 7) is 7.10. The summed E-state index contributed by atoms with van der Waals surface area (Å²) < 4.78 is 10.2. The molecule has 0 N–H and O–H groups in total. The predicted octanol–water partition coefficient (Wildman–Crippen LogP) is 1.65. The molecule has 0 fully saturated rings. The molecule has 1 rings (SSSR count). The molecule has 0 saturated carbocycles. The van der Waals surface area contributed by atoms with Crippen LogP contribution in [0.2, 0.25) is 0 Å². The highest BCUT2D eigenvalue weighted by Crippen LogP contribution is 2.14. The van der Waals surface area contributed by atoms with Crippen LogP contribution >= 0.6 is 0 Å². The van der Waals surface area contributed by atoms with Gasteiger partial charge in [-0.25, -0.2) is 4.98 Å². The molecule has 1 aromatic rings. The summed E-state index contributed by atoms with van der Waals surface area (Å²) in [5, 5.41) is 0. The van der Waals surface area contributed by atoms with Gasteiger partial charge in [0.2, 0.25) is 11.8 Å². The SMILES string of the molecule is CCN(CCC(=O)OC)c1nccc(OC(C)C)n1. The Morgan fingerprint density at radius 2 is 2.21 bits per heavy atom. The number of hydrogen-bond acceptors (Lipinski definition) is 6. The first-order valence-electron chi connectivity index (χ1n) is 6.38. The van der Waals surface area contributed by atoms with Gasteiger partial charge < -0.3 is 14.4 Å². The Labute approximate surface area is 113 Å². The van der Waals surface area contributed by atoms with Crippen LogP contribution in [-0.4, -0.2) is 42.2 Å². The average Bonchev–Trinajstić information content (AvgIpc) is 2.38. The summed E-state index contributed by atoms with van der Waals surface area (Å²) in [4.78, 5) is 21.6. The predicted molar refractivity (Wildman–Crippen MR) is 72.3 cm³/mol. The van der Waals surface area contributed by atoms with Crippen LogP contribution in [-0.2, 0) is 9.53 Å². The molecule has 6 nitrogen and oxygen atoms in total. The lowest BCUT2D eigenvalue weighted by molar-refractivity contribution is -0.140. The van der Waals surface area contributed by atoms with Crippen LogP contribution in [0.25, 0.3) is 0 Å². The zero-order valence-electron chi connectivity index (χ0n) is 11.9. The molecule has 0 aliphatic carbocycles. The van der Waals surface area contributed by atoms with E-state index >= 15 is 0 Å². The van der Waals surface area contributed by atoms with E-state index in [2.05, 4.69) is 14.7 Å². The minimum atomic E-state index is -0.243. The molecule has 0 spiro atoms. The zero-order valence-corrected chi connectivity index (χ0v) is 11.9. The van der Waals surface area contributed by atoms with Gasteiger partial charge >= 0.3 is 5.97 Å². The number of anilines is 1. The molecule has 1 aromatic heterocycles. The third-order valence-corrected chi connectivity index (χ3v) is 2.45. The van der Waals surface area contributed by atoms with Crippen molar-refractivity contribution >= 4 is 11.9 Å². The first-order valence-corrected chi connectivity index (χ1v) is 6.38. The van der Waals surface area contributed by atoms with E-state index in [1.54, 1.807) is 12.3 Å². The third-order valence-electron chi connectivity index (χ3n) is 2.45. The van der Waals surface area contributed by atoms with Crippen molar-refractivity contribution in [3.8, 4) is 5.88 Å². The fourth-order valence-electron chi connectivity index (χ4n) is 1.52. The topological polar surface area (TPSA) is 64.6 Å². The van der Waals surface area contributed by atoms with Gasteiger partial charge in [0.25, 0.3) is 0 Å². The molecule has 0 saturated heterocycles. The van der Waals surface area contributed by atoms with Crippen LogP contribution in [0.4, 0.5) is 5.95 Å². The summed E-state index contributed by atoms with van der Waals surface area (Å²) >= 11 is 0. The van der Waals surface area contributed by atoms with Crippen LogP contribution in [0.15, 0.2) is 12.3 Å². The highest BCUT2D eigenvalue weighted by molar-refractivity contribution is 5.69. The number of methoxy groups -OCH3 is 1. The number of esters is 1. The van der Waals surface area contributed by atoms with E-state index in [1.165, 1.54) is 7.11 Å². The van der Waals surface area contributed by atoms with Gasteiger partial charge in [-0.2, -0.15) is 4.98 Å². The van der Waals surface area contributed by atoms with Gasteiger partial charge in [0.1, 0.15) is 0 Å². The average molecular weight is 267 g/mol. The Kier molecular flexibility index (Phi) is 6.05. The zero-order chi connectivity index (χ0) is 14.3. The van der Waals surface area contributed by atoms with Crippen molar-refractivity contribution in [1.29, 1.82) is 0 Å². The van der Waals surface area contributed by atoms with Crippen LogP contribution in [0.1, 0.15) is 27.2 Å². The van der Waals surface area contributed by atoms with Gasteiger partial charge in [-0.3, -0.25) is 4.79 Å². The van der Waals surface area contributed by atoms with Crippen molar-refractivity contribution in [2.24, 2.45) is 0 Å². The molecule has 0 atom stereocenters. The van der Waals surface area contributed by atoms with E-state index in [0.717, 1.165) is 0 Å². The van der Waals surface area contributed by atoms with E-state index in [0.29, 0.717) is 31.3 Å². The van der Waals surface area contributed by atoms with Gasteiger partial charge in [-0.05, 0) is 20.8 Å². The lowest BCUT2D eigenvalue weighted by atomic mass is 10.4. The molecule has 0 aromatic carbocycles. The normalized spacial score (nSPS) is 10.4. The summed E-state index contributed by atoms with van der Waals surface area (Å²) in [6, 6.07) is 1.72. The van der Waals surface area contributed by atoms with Gasteiger partial charge in [0.15, 0.2) is 0 Å². The second-order valence-electron chi connectivity index (χ2n) is 4.27. The third kappa shape index (κ3) is 5.11. The molecular formula is C13H21N3O3. The minimum absolute atomic E-state index is 0.0629. The van der Waals surface area contributed by atoms with E-state index in [-0.39, 0.29) is 12.1 Å². The van der Waals surface area contributed by atoms with E-state index in [9.17, 15) is 4.79 Å². The first-order chi connectivity index (χ1) is 9.06. The Balaban J connectivity index is 2.72. The Morgan fingerprint density at radius 1 is 1.47 bits per heavy atom. The molecule has 106 valence electrons. The molecule has 0 unspecified atom stereocenters. The lowest BCUT2D eigenvalue weighted by Crippen LogP contribution is -2.28. The van der Waals surface area contributed by atoms with Gasteiger partial charge in [-0.1, -0.05) is 0 Å². The quantitative estimate of drug-likeness (QED) is 0.700. The van der Waals surface area contributed by atoms with Crippen LogP contribution in [0, 0.1) is 0 Å². The maximum atomic E-state index is 11.2. The standard InChI is InChI=1S/C13H21N3O3/c1-5-16(9-7-12(17)18-4)13-14-8-6-11(15-13)19-10(2)3/h6,8,10H,5,7,9H2,1-4H3. The number of aromatic nitrogens is 2. The van der Waals surface area contributed by atoms with E-state index < -0.39 is 0 Å². The number of carbonyl (C=O) groups is 1. The number of rotatable bonds is 7. The van der Waals surface area contributed by atoms with Gasteiger partial charge in [0, 0.05) is 25.4 Å². The van der Waals surface area contributed by atoms with Crippen LogP contribution in [0.5, 0.6) is 5.88 Å². The number of hydrogen-bond donors (Lipinski definition) is 0. The monoisotopic (exact) mass is 267 g/mol. The maximum Gasteiger partial charge on any atom is 0.307 e. The van der Waals surface area contributed by atoms with Crippen molar-refractivity contribution in [3.63, 3.8) is 0 Å². The first kappa shape index (κ1) is 15.2. The molecular weight excluding hydrogens is 246 g/mol. The fourth-order valence-corrected chi connectivity index (χ4v) is 1.52. The molecule has 0 amide bonds. The maximum absolute atomic E-state index is 11.2. The van der Waals surface area contributed by atoms with Gasteiger partial charge in [-0.15, -0.1) is 0 Å². The second kappa shape index (κ2) is 7.56. The van der Waals surface area contributed by atoms with Crippen molar-refractivity contribution in [2.75, 3.05) is 25.1 Å².